The molecule has 0 amide bonds. The molecule has 18 heavy (non-hydrogen) atoms. The summed E-state index contributed by atoms with van der Waals surface area (Å²) in [6.07, 6.45) is 12.6. The third-order valence-electron chi connectivity index (χ3n) is 4.84. The number of rotatable bonds is 7. The van der Waals surface area contributed by atoms with Crippen LogP contribution in [0.4, 0.5) is 0 Å². The van der Waals surface area contributed by atoms with Crippen molar-refractivity contribution in [3.8, 4) is 0 Å². The van der Waals surface area contributed by atoms with Crippen molar-refractivity contribution in [2.45, 2.75) is 63.8 Å². The molecule has 2 fully saturated rings. The van der Waals surface area contributed by atoms with Crippen LogP contribution in [0.25, 0.3) is 0 Å². The number of aliphatic hydroxyl groups is 1. The first kappa shape index (κ1) is 14.3. The van der Waals surface area contributed by atoms with E-state index in [1.54, 1.807) is 0 Å². The van der Waals surface area contributed by atoms with Gasteiger partial charge in [-0.3, -0.25) is 0 Å². The highest BCUT2D eigenvalue weighted by atomic mass is 16.5. The number of nitrogens with one attached hydrogen (secondary N) is 1. The van der Waals surface area contributed by atoms with E-state index in [1.165, 1.54) is 51.4 Å². The molecule has 0 heterocycles. The van der Waals surface area contributed by atoms with Crippen LogP contribution in [-0.4, -0.2) is 37.5 Å². The van der Waals surface area contributed by atoms with Gasteiger partial charge in [-0.05, 0) is 56.9 Å². The van der Waals surface area contributed by atoms with E-state index in [2.05, 4.69) is 5.32 Å². The topological polar surface area (TPSA) is 41.5 Å². The van der Waals surface area contributed by atoms with Crippen LogP contribution in [0.1, 0.15) is 57.8 Å². The van der Waals surface area contributed by atoms with Crippen LogP contribution in [0.3, 0.4) is 0 Å². The van der Waals surface area contributed by atoms with Gasteiger partial charge in [0.25, 0.3) is 0 Å². The van der Waals surface area contributed by atoms with E-state index < -0.39 is 0 Å². The normalized spacial score (nSPS) is 23.8. The second kappa shape index (κ2) is 7.46. The van der Waals surface area contributed by atoms with E-state index in [4.69, 9.17) is 9.84 Å². The molecule has 0 bridgehead atoms. The Labute approximate surface area is 111 Å². The predicted octanol–water partition coefficient (Wildman–Crippen LogP) is 2.48. The van der Waals surface area contributed by atoms with Crippen molar-refractivity contribution in [1.82, 2.24) is 5.32 Å². The molecule has 2 N–H and O–H groups in total. The molecule has 0 atom stereocenters. The highest BCUT2D eigenvalue weighted by Gasteiger charge is 2.37. The van der Waals surface area contributed by atoms with E-state index in [1.807, 2.05) is 0 Å². The van der Waals surface area contributed by atoms with Crippen molar-refractivity contribution < 1.29 is 9.84 Å². The molecule has 0 aromatic rings. The lowest BCUT2D eigenvalue weighted by atomic mass is 9.71. The molecule has 0 aromatic heterocycles. The third-order valence-corrected chi connectivity index (χ3v) is 4.84. The maximum atomic E-state index is 8.59. The van der Waals surface area contributed by atoms with E-state index >= 15 is 0 Å². The minimum Gasteiger partial charge on any atom is -0.394 e. The monoisotopic (exact) mass is 255 g/mol. The van der Waals surface area contributed by atoms with Crippen molar-refractivity contribution in [2.75, 3.05) is 26.4 Å². The van der Waals surface area contributed by atoms with Gasteiger partial charge in [0.2, 0.25) is 0 Å². The summed E-state index contributed by atoms with van der Waals surface area (Å²) in [6.45, 7) is 2.44. The fraction of sp³-hybridized carbons (Fsp3) is 1.00. The Morgan fingerprint density at radius 1 is 1.06 bits per heavy atom. The molecule has 1 spiro atoms. The summed E-state index contributed by atoms with van der Waals surface area (Å²) in [5, 5.41) is 12.2. The fourth-order valence-electron chi connectivity index (χ4n) is 3.71. The maximum absolute atomic E-state index is 8.59. The zero-order chi connectivity index (χ0) is 12.7. The summed E-state index contributed by atoms with van der Waals surface area (Å²) >= 11 is 0. The summed E-state index contributed by atoms with van der Waals surface area (Å²) < 4.78 is 5.26. The summed E-state index contributed by atoms with van der Waals surface area (Å²) in [4.78, 5) is 0. The number of hydrogen-bond acceptors (Lipinski definition) is 3. The number of ether oxygens (including phenoxy) is 1. The standard InChI is InChI=1S/C15H29NO2/c17-11-13-18-12-3-10-16-14-4-8-15(9-5-14)6-1-2-7-15/h14,16-17H,1-13H2. The lowest BCUT2D eigenvalue weighted by Gasteiger charge is -2.37. The van der Waals surface area contributed by atoms with Gasteiger partial charge in [-0.1, -0.05) is 12.8 Å². The molecule has 0 aromatic carbocycles. The zero-order valence-corrected chi connectivity index (χ0v) is 11.6. The first-order valence-electron chi connectivity index (χ1n) is 7.77. The van der Waals surface area contributed by atoms with Gasteiger partial charge in [0, 0.05) is 12.6 Å². The molecule has 3 heteroatoms. The van der Waals surface area contributed by atoms with E-state index in [0.29, 0.717) is 6.61 Å². The van der Waals surface area contributed by atoms with Gasteiger partial charge >= 0.3 is 0 Å². The van der Waals surface area contributed by atoms with Gasteiger partial charge in [0.1, 0.15) is 0 Å². The number of aliphatic hydroxyl groups excluding tert-OH is 1. The molecular formula is C15H29NO2. The van der Waals surface area contributed by atoms with Gasteiger partial charge in [-0.2, -0.15) is 0 Å². The Hall–Kier alpha value is -0.120. The van der Waals surface area contributed by atoms with Crippen LogP contribution in [0, 0.1) is 5.41 Å². The van der Waals surface area contributed by atoms with Gasteiger partial charge in [0.05, 0.1) is 13.2 Å². The largest absolute Gasteiger partial charge is 0.394 e. The quantitative estimate of drug-likeness (QED) is 0.687. The third kappa shape index (κ3) is 4.22. The molecule has 106 valence electrons. The minimum atomic E-state index is 0.137. The van der Waals surface area contributed by atoms with Crippen molar-refractivity contribution in [1.29, 1.82) is 0 Å². The fourth-order valence-corrected chi connectivity index (χ4v) is 3.71. The Bertz CT molecular complexity index is 217. The van der Waals surface area contributed by atoms with E-state index in [9.17, 15) is 0 Å². The molecule has 2 saturated carbocycles. The molecule has 0 aliphatic heterocycles. The molecule has 0 saturated heterocycles. The van der Waals surface area contributed by atoms with Crippen LogP contribution in [-0.2, 0) is 4.74 Å². The molecular weight excluding hydrogens is 226 g/mol. The van der Waals surface area contributed by atoms with Gasteiger partial charge in [-0.15, -0.1) is 0 Å². The van der Waals surface area contributed by atoms with E-state index in [-0.39, 0.29) is 6.61 Å². The van der Waals surface area contributed by atoms with Gasteiger partial charge in [-0.25, -0.2) is 0 Å². The second-order valence-electron chi connectivity index (χ2n) is 6.13. The zero-order valence-electron chi connectivity index (χ0n) is 11.6. The Balaban J connectivity index is 1.51. The van der Waals surface area contributed by atoms with Gasteiger partial charge in [0.15, 0.2) is 0 Å². The molecule has 0 unspecified atom stereocenters. The molecule has 2 aliphatic carbocycles. The average Bonchev–Trinajstić information content (AvgIpc) is 2.85. The summed E-state index contributed by atoms with van der Waals surface area (Å²) in [6, 6.07) is 0.745. The Kier molecular flexibility index (Phi) is 5.93. The summed E-state index contributed by atoms with van der Waals surface area (Å²) in [5.41, 5.74) is 0.752. The Morgan fingerprint density at radius 2 is 1.78 bits per heavy atom. The first-order chi connectivity index (χ1) is 8.85. The van der Waals surface area contributed by atoms with Crippen LogP contribution in [0.15, 0.2) is 0 Å². The number of hydrogen-bond donors (Lipinski definition) is 2. The van der Waals surface area contributed by atoms with Crippen LogP contribution in [0.2, 0.25) is 0 Å². The van der Waals surface area contributed by atoms with Crippen molar-refractivity contribution in [3.63, 3.8) is 0 Å². The highest BCUT2D eigenvalue weighted by molar-refractivity contribution is 4.91. The van der Waals surface area contributed by atoms with Crippen molar-refractivity contribution in [3.05, 3.63) is 0 Å². The molecule has 2 aliphatic rings. The maximum Gasteiger partial charge on any atom is 0.0697 e. The minimum absolute atomic E-state index is 0.137. The second-order valence-corrected chi connectivity index (χ2v) is 6.13. The molecule has 0 radical (unpaired) electrons. The van der Waals surface area contributed by atoms with Crippen molar-refractivity contribution in [2.24, 2.45) is 5.41 Å². The van der Waals surface area contributed by atoms with E-state index in [0.717, 1.165) is 31.0 Å². The van der Waals surface area contributed by atoms with Crippen LogP contribution < -0.4 is 5.32 Å². The van der Waals surface area contributed by atoms with Crippen LogP contribution >= 0.6 is 0 Å². The molecule has 3 nitrogen and oxygen atoms in total. The van der Waals surface area contributed by atoms with Crippen LogP contribution in [0.5, 0.6) is 0 Å². The lowest BCUT2D eigenvalue weighted by molar-refractivity contribution is 0.0894. The average molecular weight is 255 g/mol. The summed E-state index contributed by atoms with van der Waals surface area (Å²) in [5.74, 6) is 0. The predicted molar refractivity (Wildman–Crippen MR) is 73.7 cm³/mol. The summed E-state index contributed by atoms with van der Waals surface area (Å²) in [7, 11) is 0. The first-order valence-corrected chi connectivity index (χ1v) is 7.77. The smallest absolute Gasteiger partial charge is 0.0697 e. The SMILES string of the molecule is OCCOCCCNC1CCC2(CCCC2)CC1. The highest BCUT2D eigenvalue weighted by Crippen LogP contribution is 2.48. The molecule has 2 rings (SSSR count). The lowest BCUT2D eigenvalue weighted by Crippen LogP contribution is -2.37. The van der Waals surface area contributed by atoms with Gasteiger partial charge < -0.3 is 15.2 Å². The van der Waals surface area contributed by atoms with Crippen molar-refractivity contribution >= 4 is 0 Å². The Morgan fingerprint density at radius 3 is 2.44 bits per heavy atom.